The highest BCUT2D eigenvalue weighted by molar-refractivity contribution is 9.10. The Bertz CT molecular complexity index is 541. The van der Waals surface area contributed by atoms with Crippen LogP contribution in [0.15, 0.2) is 27.2 Å². The Labute approximate surface area is 142 Å². The first-order valence-electron chi connectivity index (χ1n) is 7.64. The summed E-state index contributed by atoms with van der Waals surface area (Å²) in [7, 11) is 1.99. The lowest BCUT2D eigenvalue weighted by atomic mass is 10.2. The number of halogens is 1. The van der Waals surface area contributed by atoms with Crippen LogP contribution < -0.4 is 4.74 Å². The van der Waals surface area contributed by atoms with Gasteiger partial charge in [0.1, 0.15) is 0 Å². The number of allylic oxidation sites excluding steroid dienone is 2. The molecule has 1 aromatic heterocycles. The average molecular weight is 368 g/mol. The maximum absolute atomic E-state index is 5.77. The lowest BCUT2D eigenvalue weighted by molar-refractivity contribution is 0.296. The first-order valence-corrected chi connectivity index (χ1v) is 8.43. The van der Waals surface area contributed by atoms with Crippen LogP contribution in [0.5, 0.6) is 5.88 Å². The summed E-state index contributed by atoms with van der Waals surface area (Å²) >= 11 is 3.51. The fraction of sp³-hybridized carbons (Fsp3) is 0.529. The molecule has 0 atom stereocenters. The molecule has 0 N–H and O–H groups in total. The van der Waals surface area contributed by atoms with Crippen molar-refractivity contribution >= 4 is 28.0 Å². The molecule has 0 unspecified atom stereocenters. The lowest BCUT2D eigenvalue weighted by Crippen LogP contribution is -2.14. The number of hydrogen-bond donors (Lipinski definition) is 0. The van der Waals surface area contributed by atoms with Gasteiger partial charge in [-0.1, -0.05) is 11.6 Å². The smallest absolute Gasteiger partial charge is 0.228 e. The third-order valence-electron chi connectivity index (χ3n) is 3.45. The molecule has 0 bridgehead atoms. The summed E-state index contributed by atoms with van der Waals surface area (Å²) in [6.45, 7) is 9.81. The molecule has 1 rings (SSSR count). The number of aliphatic imine (C=N–C) groups is 1. The molecule has 122 valence electrons. The summed E-state index contributed by atoms with van der Waals surface area (Å²) in [4.78, 5) is 11.0. The van der Waals surface area contributed by atoms with Crippen LogP contribution in [0.1, 0.15) is 39.3 Å². The number of hydrogen-bond acceptors (Lipinski definition) is 3. The van der Waals surface area contributed by atoms with E-state index >= 15 is 0 Å². The van der Waals surface area contributed by atoms with Gasteiger partial charge >= 0.3 is 0 Å². The molecule has 0 aliphatic rings. The molecule has 1 heterocycles. The van der Waals surface area contributed by atoms with E-state index in [1.54, 1.807) is 0 Å². The quantitative estimate of drug-likeness (QED) is 0.284. The van der Waals surface area contributed by atoms with E-state index in [0.29, 0.717) is 12.5 Å². The van der Waals surface area contributed by atoms with Gasteiger partial charge in [-0.3, -0.25) is 0 Å². The summed E-state index contributed by atoms with van der Waals surface area (Å²) in [6.07, 6.45) is 6.00. The van der Waals surface area contributed by atoms with Gasteiger partial charge in [0, 0.05) is 13.6 Å². The van der Waals surface area contributed by atoms with Crippen molar-refractivity contribution in [3.63, 3.8) is 0 Å². The van der Waals surface area contributed by atoms with Gasteiger partial charge in [0.05, 0.1) is 28.8 Å². The number of ether oxygens (including phenoxy) is 1. The van der Waals surface area contributed by atoms with E-state index < -0.39 is 0 Å². The van der Waals surface area contributed by atoms with Crippen LogP contribution in [0.4, 0.5) is 5.69 Å². The highest BCUT2D eigenvalue weighted by atomic mass is 79.9. The van der Waals surface area contributed by atoms with Gasteiger partial charge in [0.25, 0.3) is 0 Å². The van der Waals surface area contributed by atoms with Crippen LogP contribution in [-0.2, 0) is 0 Å². The highest BCUT2D eigenvalue weighted by Gasteiger charge is 2.08. The summed E-state index contributed by atoms with van der Waals surface area (Å²) < 4.78 is 6.61. The van der Waals surface area contributed by atoms with Crippen LogP contribution in [0.2, 0.25) is 0 Å². The van der Waals surface area contributed by atoms with E-state index in [4.69, 9.17) is 4.74 Å². The molecule has 0 aliphatic carbocycles. The summed E-state index contributed by atoms with van der Waals surface area (Å²) in [6, 6.07) is 1.95. The van der Waals surface area contributed by atoms with Crippen molar-refractivity contribution in [2.45, 2.75) is 40.5 Å². The third-order valence-corrected chi connectivity index (χ3v) is 4.02. The normalized spacial score (nSPS) is 12.0. The van der Waals surface area contributed by atoms with E-state index in [2.05, 4.69) is 52.8 Å². The van der Waals surface area contributed by atoms with Gasteiger partial charge in [0.2, 0.25) is 5.88 Å². The minimum Gasteiger partial charge on any atom is -0.477 e. The van der Waals surface area contributed by atoms with Crippen molar-refractivity contribution in [3.05, 3.63) is 27.9 Å². The molecule has 0 spiro atoms. The maximum atomic E-state index is 5.77. The second-order valence-corrected chi connectivity index (χ2v) is 6.14. The Morgan fingerprint density at radius 2 is 2.23 bits per heavy atom. The van der Waals surface area contributed by atoms with Gasteiger partial charge in [-0.25, -0.2) is 9.98 Å². The largest absolute Gasteiger partial charge is 0.477 e. The lowest BCUT2D eigenvalue weighted by Gasteiger charge is -2.11. The molecular weight excluding hydrogens is 342 g/mol. The zero-order chi connectivity index (χ0) is 16.5. The van der Waals surface area contributed by atoms with Crippen LogP contribution in [0.3, 0.4) is 0 Å². The molecule has 1 aromatic rings. The van der Waals surface area contributed by atoms with E-state index in [9.17, 15) is 0 Å². The Balaban J connectivity index is 2.67. The zero-order valence-corrected chi connectivity index (χ0v) is 15.8. The summed E-state index contributed by atoms with van der Waals surface area (Å²) in [5.74, 6) is 0.637. The number of aryl methyl sites for hydroxylation is 1. The number of aromatic nitrogens is 1. The monoisotopic (exact) mass is 367 g/mol. The standard InChI is InChI=1S/C17H26BrN3O/c1-6-13(3)9-8-10-22-17-15(18)11-16(14(4)20-17)19-12-21(5)7-2/h6,11-12H,7-10H2,1-5H3. The van der Waals surface area contributed by atoms with Crippen LogP contribution in [-0.4, -0.2) is 36.4 Å². The number of pyridine rings is 1. The average Bonchev–Trinajstić information content (AvgIpc) is 2.52. The highest BCUT2D eigenvalue weighted by Crippen LogP contribution is 2.29. The molecular formula is C17H26BrN3O. The van der Waals surface area contributed by atoms with Crippen LogP contribution >= 0.6 is 15.9 Å². The minimum absolute atomic E-state index is 0.637. The first-order chi connectivity index (χ1) is 10.5. The van der Waals surface area contributed by atoms with Crippen molar-refractivity contribution in [1.29, 1.82) is 0 Å². The zero-order valence-electron chi connectivity index (χ0n) is 14.2. The maximum Gasteiger partial charge on any atom is 0.228 e. The molecule has 0 radical (unpaired) electrons. The number of nitrogens with zero attached hydrogens (tertiary/aromatic N) is 3. The second-order valence-electron chi connectivity index (χ2n) is 5.28. The summed E-state index contributed by atoms with van der Waals surface area (Å²) in [5.41, 5.74) is 3.10. The molecule has 0 fully saturated rings. The number of rotatable bonds is 8. The molecule has 22 heavy (non-hydrogen) atoms. The molecule has 4 nitrogen and oxygen atoms in total. The van der Waals surface area contributed by atoms with Crippen LogP contribution in [0.25, 0.3) is 0 Å². The Hall–Kier alpha value is -1.36. The molecule has 5 heteroatoms. The van der Waals surface area contributed by atoms with E-state index in [1.165, 1.54) is 5.57 Å². The van der Waals surface area contributed by atoms with Gasteiger partial charge in [-0.2, -0.15) is 0 Å². The molecule has 0 saturated heterocycles. The first kappa shape index (κ1) is 18.7. The van der Waals surface area contributed by atoms with Crippen molar-refractivity contribution < 1.29 is 4.74 Å². The predicted octanol–water partition coefficient (Wildman–Crippen LogP) is 4.89. The van der Waals surface area contributed by atoms with Gasteiger partial charge < -0.3 is 9.64 Å². The molecule has 0 amide bonds. The molecule has 0 saturated carbocycles. The van der Waals surface area contributed by atoms with E-state index in [-0.39, 0.29) is 0 Å². The Kier molecular flexibility index (Phi) is 8.17. The van der Waals surface area contributed by atoms with E-state index in [1.807, 2.05) is 31.3 Å². The second kappa shape index (κ2) is 9.62. The fourth-order valence-electron chi connectivity index (χ4n) is 1.69. The van der Waals surface area contributed by atoms with Gasteiger partial charge in [-0.15, -0.1) is 0 Å². The third kappa shape index (κ3) is 6.18. The van der Waals surface area contributed by atoms with Crippen molar-refractivity contribution in [2.24, 2.45) is 4.99 Å². The van der Waals surface area contributed by atoms with Crippen molar-refractivity contribution in [1.82, 2.24) is 9.88 Å². The van der Waals surface area contributed by atoms with Crippen molar-refractivity contribution in [3.8, 4) is 5.88 Å². The SMILES string of the molecule is CC=C(C)CCCOc1nc(C)c(N=CN(C)CC)cc1Br. The minimum atomic E-state index is 0.637. The fourth-order valence-corrected chi connectivity index (χ4v) is 2.11. The summed E-state index contributed by atoms with van der Waals surface area (Å²) in [5, 5.41) is 0. The molecule has 0 aromatic carbocycles. The van der Waals surface area contributed by atoms with E-state index in [0.717, 1.165) is 35.2 Å². The molecule has 0 aliphatic heterocycles. The predicted molar refractivity (Wildman–Crippen MR) is 97.3 cm³/mol. The van der Waals surface area contributed by atoms with Crippen LogP contribution in [0, 0.1) is 6.92 Å². The Morgan fingerprint density at radius 1 is 1.50 bits per heavy atom. The van der Waals surface area contributed by atoms with Crippen molar-refractivity contribution in [2.75, 3.05) is 20.2 Å². The van der Waals surface area contributed by atoms with Gasteiger partial charge in [-0.05, 0) is 62.5 Å². The Morgan fingerprint density at radius 3 is 2.86 bits per heavy atom. The van der Waals surface area contributed by atoms with Gasteiger partial charge in [0.15, 0.2) is 0 Å². The topological polar surface area (TPSA) is 37.7 Å².